The molecule has 1 fully saturated rings. The van der Waals surface area contributed by atoms with Crippen LogP contribution in [0.5, 0.6) is 0 Å². The van der Waals surface area contributed by atoms with Crippen molar-refractivity contribution < 1.29 is 9.53 Å². The second kappa shape index (κ2) is 10.9. The molecule has 1 saturated heterocycles. The predicted octanol–water partition coefficient (Wildman–Crippen LogP) is 3.99. The van der Waals surface area contributed by atoms with E-state index < -0.39 is 0 Å². The van der Waals surface area contributed by atoms with E-state index in [9.17, 15) is 4.79 Å². The Labute approximate surface area is 193 Å². The Bertz CT molecular complexity index is 1050. The van der Waals surface area contributed by atoms with Crippen LogP contribution >= 0.6 is 11.8 Å². The molecular weight excluding hydrogens is 420 g/mol. The third kappa shape index (κ3) is 5.85. The highest BCUT2D eigenvalue weighted by molar-refractivity contribution is 8.00. The van der Waals surface area contributed by atoms with Gasteiger partial charge < -0.3 is 10.1 Å². The molecule has 1 aliphatic heterocycles. The summed E-state index contributed by atoms with van der Waals surface area (Å²) in [7, 11) is 0. The molecule has 32 heavy (non-hydrogen) atoms. The van der Waals surface area contributed by atoms with Crippen molar-refractivity contribution in [3.63, 3.8) is 0 Å². The molecule has 168 valence electrons. The molecule has 0 saturated carbocycles. The molecule has 1 N–H and O–H groups in total. The summed E-state index contributed by atoms with van der Waals surface area (Å²) in [5, 5.41) is 4.95. The van der Waals surface area contributed by atoms with Gasteiger partial charge in [0.05, 0.1) is 37.1 Å². The molecule has 0 spiro atoms. The quantitative estimate of drug-likeness (QED) is 0.413. The van der Waals surface area contributed by atoms with Gasteiger partial charge >= 0.3 is 0 Å². The second-order valence-electron chi connectivity index (χ2n) is 8.02. The van der Waals surface area contributed by atoms with Gasteiger partial charge in [-0.15, -0.1) is 0 Å². The maximum Gasteiger partial charge on any atom is 0.230 e. The lowest BCUT2D eigenvalue weighted by molar-refractivity contribution is -0.119. The van der Waals surface area contributed by atoms with E-state index in [2.05, 4.69) is 41.4 Å². The van der Waals surface area contributed by atoms with E-state index in [4.69, 9.17) is 14.7 Å². The van der Waals surface area contributed by atoms with Gasteiger partial charge in [-0.05, 0) is 30.5 Å². The third-order valence-electron chi connectivity index (χ3n) is 5.69. The van der Waals surface area contributed by atoms with Gasteiger partial charge in [0.25, 0.3) is 0 Å². The van der Waals surface area contributed by atoms with Gasteiger partial charge in [-0.3, -0.25) is 9.69 Å². The number of carbonyl (C=O) groups excluding carboxylic acids is 1. The SMILES string of the molecule is CCc1ccc(C(C)NC(=O)CSc2nc(CN3CCOCC3)nc3ccccc23)cc1. The topological polar surface area (TPSA) is 67.4 Å². The van der Waals surface area contributed by atoms with Crippen LogP contribution in [-0.2, 0) is 22.5 Å². The minimum Gasteiger partial charge on any atom is -0.379 e. The van der Waals surface area contributed by atoms with Gasteiger partial charge in [-0.2, -0.15) is 0 Å². The molecule has 1 unspecified atom stereocenters. The highest BCUT2D eigenvalue weighted by atomic mass is 32.2. The first-order valence-electron chi connectivity index (χ1n) is 11.2. The van der Waals surface area contributed by atoms with E-state index in [1.807, 2.05) is 31.2 Å². The predicted molar refractivity (Wildman–Crippen MR) is 129 cm³/mol. The van der Waals surface area contributed by atoms with Gasteiger partial charge in [-0.1, -0.05) is 61.2 Å². The maximum absolute atomic E-state index is 12.7. The van der Waals surface area contributed by atoms with Crippen LogP contribution in [0.2, 0.25) is 0 Å². The largest absolute Gasteiger partial charge is 0.379 e. The maximum atomic E-state index is 12.7. The number of para-hydroxylation sites is 1. The molecule has 2 heterocycles. The van der Waals surface area contributed by atoms with Gasteiger partial charge in [0.2, 0.25) is 5.91 Å². The standard InChI is InChI=1S/C25H30N4O2S/c1-3-19-8-10-20(11-9-19)18(2)26-24(30)17-32-25-21-6-4-5-7-22(21)27-23(28-25)16-29-12-14-31-15-13-29/h4-11,18H,3,12-17H2,1-2H3,(H,26,30). The second-order valence-corrected chi connectivity index (χ2v) is 8.99. The Kier molecular flexibility index (Phi) is 7.73. The molecule has 4 rings (SSSR count). The number of hydrogen-bond acceptors (Lipinski definition) is 6. The molecule has 3 aromatic rings. The van der Waals surface area contributed by atoms with Crippen LogP contribution in [0.4, 0.5) is 0 Å². The average molecular weight is 451 g/mol. The number of nitrogens with zero attached hydrogens (tertiary/aromatic N) is 3. The summed E-state index contributed by atoms with van der Waals surface area (Å²) in [6.45, 7) is 8.11. The van der Waals surface area contributed by atoms with E-state index in [1.165, 1.54) is 17.3 Å². The number of rotatable bonds is 8. The van der Waals surface area contributed by atoms with Crippen molar-refractivity contribution in [2.45, 2.75) is 37.9 Å². The van der Waals surface area contributed by atoms with E-state index in [0.29, 0.717) is 12.3 Å². The zero-order valence-corrected chi connectivity index (χ0v) is 19.5. The van der Waals surface area contributed by atoms with Crippen molar-refractivity contribution in [1.29, 1.82) is 0 Å². The van der Waals surface area contributed by atoms with Crippen LogP contribution in [0.25, 0.3) is 10.9 Å². The van der Waals surface area contributed by atoms with Gasteiger partial charge in [0, 0.05) is 18.5 Å². The number of amides is 1. The lowest BCUT2D eigenvalue weighted by atomic mass is 10.1. The van der Waals surface area contributed by atoms with Crippen molar-refractivity contribution in [1.82, 2.24) is 20.2 Å². The van der Waals surface area contributed by atoms with Crippen molar-refractivity contribution in [2.24, 2.45) is 0 Å². The molecule has 0 aliphatic carbocycles. The highest BCUT2D eigenvalue weighted by Crippen LogP contribution is 2.26. The first-order chi connectivity index (χ1) is 15.6. The summed E-state index contributed by atoms with van der Waals surface area (Å²) in [6, 6.07) is 16.4. The Balaban J connectivity index is 1.42. The number of morpholine rings is 1. The number of ether oxygens (including phenoxy) is 1. The van der Waals surface area contributed by atoms with E-state index in [0.717, 1.165) is 60.0 Å². The van der Waals surface area contributed by atoms with Crippen molar-refractivity contribution in [3.8, 4) is 0 Å². The highest BCUT2D eigenvalue weighted by Gasteiger charge is 2.16. The molecule has 1 amide bonds. The molecule has 0 radical (unpaired) electrons. The lowest BCUT2D eigenvalue weighted by Gasteiger charge is -2.25. The number of thioether (sulfide) groups is 1. The Morgan fingerprint density at radius 3 is 2.62 bits per heavy atom. The summed E-state index contributed by atoms with van der Waals surface area (Å²) in [5.74, 6) is 1.10. The van der Waals surface area contributed by atoms with Crippen molar-refractivity contribution in [2.75, 3.05) is 32.1 Å². The van der Waals surface area contributed by atoms with Crippen LogP contribution in [0.3, 0.4) is 0 Å². The molecule has 2 aromatic carbocycles. The molecule has 1 aromatic heterocycles. The van der Waals surface area contributed by atoms with Gasteiger partial charge in [0.1, 0.15) is 10.9 Å². The average Bonchev–Trinajstić information content (AvgIpc) is 2.83. The zero-order chi connectivity index (χ0) is 22.3. The van der Waals surface area contributed by atoms with E-state index >= 15 is 0 Å². The summed E-state index contributed by atoms with van der Waals surface area (Å²) >= 11 is 1.47. The first kappa shape index (κ1) is 22.7. The number of hydrogen-bond donors (Lipinski definition) is 1. The van der Waals surface area contributed by atoms with Crippen LogP contribution in [0.15, 0.2) is 53.6 Å². The molecular formula is C25H30N4O2S. The fourth-order valence-corrected chi connectivity index (χ4v) is 4.63. The van der Waals surface area contributed by atoms with Crippen LogP contribution in [0, 0.1) is 0 Å². The number of aromatic nitrogens is 2. The summed E-state index contributed by atoms with van der Waals surface area (Å²) in [6.07, 6.45) is 1.01. The van der Waals surface area contributed by atoms with Crippen LogP contribution < -0.4 is 5.32 Å². The monoisotopic (exact) mass is 450 g/mol. The molecule has 7 heteroatoms. The Morgan fingerprint density at radius 1 is 1.12 bits per heavy atom. The third-order valence-corrected chi connectivity index (χ3v) is 6.68. The fraction of sp³-hybridized carbons (Fsp3) is 0.400. The Morgan fingerprint density at radius 2 is 1.88 bits per heavy atom. The first-order valence-corrected chi connectivity index (χ1v) is 12.2. The lowest BCUT2D eigenvalue weighted by Crippen LogP contribution is -2.36. The smallest absolute Gasteiger partial charge is 0.230 e. The number of fused-ring (bicyclic) bond motifs is 1. The van der Waals surface area contributed by atoms with Gasteiger partial charge in [-0.25, -0.2) is 9.97 Å². The molecule has 6 nitrogen and oxygen atoms in total. The minimum absolute atomic E-state index is 0.000472. The number of benzene rings is 2. The fourth-order valence-electron chi connectivity index (χ4n) is 3.78. The summed E-state index contributed by atoms with van der Waals surface area (Å²) in [4.78, 5) is 24.5. The molecule has 1 aliphatic rings. The van der Waals surface area contributed by atoms with Crippen LogP contribution in [-0.4, -0.2) is 52.8 Å². The van der Waals surface area contributed by atoms with Crippen molar-refractivity contribution >= 4 is 28.6 Å². The minimum atomic E-state index is -0.0342. The number of nitrogens with one attached hydrogen (secondary N) is 1. The molecule has 1 atom stereocenters. The van der Waals surface area contributed by atoms with E-state index in [1.54, 1.807) is 0 Å². The summed E-state index contributed by atoms with van der Waals surface area (Å²) in [5.41, 5.74) is 3.32. The Hall–Kier alpha value is -2.48. The van der Waals surface area contributed by atoms with Gasteiger partial charge in [0.15, 0.2) is 0 Å². The molecule has 0 bridgehead atoms. The number of carbonyl (C=O) groups is 1. The van der Waals surface area contributed by atoms with Crippen LogP contribution in [0.1, 0.15) is 36.8 Å². The van der Waals surface area contributed by atoms with Crippen molar-refractivity contribution in [3.05, 3.63) is 65.5 Å². The zero-order valence-electron chi connectivity index (χ0n) is 18.7. The van der Waals surface area contributed by atoms with E-state index in [-0.39, 0.29) is 11.9 Å². The summed E-state index contributed by atoms with van der Waals surface area (Å²) < 4.78 is 5.44. The number of aryl methyl sites for hydroxylation is 1. The normalized spacial score (nSPS) is 15.6.